The number of alkyl halides is 4. The molecule has 1 heterocycles. The summed E-state index contributed by atoms with van der Waals surface area (Å²) in [6.07, 6.45) is -3.04. The van der Waals surface area contributed by atoms with Gasteiger partial charge in [0.05, 0.1) is 17.1 Å². The number of oxazole rings is 1. The first kappa shape index (κ1) is 12.8. The van der Waals surface area contributed by atoms with Crippen LogP contribution >= 0.6 is 11.6 Å². The van der Waals surface area contributed by atoms with Crippen molar-refractivity contribution in [3.63, 3.8) is 0 Å². The van der Waals surface area contributed by atoms with Gasteiger partial charge in [0.1, 0.15) is 6.26 Å². The number of halogens is 4. The van der Waals surface area contributed by atoms with Crippen LogP contribution in [0.3, 0.4) is 0 Å². The summed E-state index contributed by atoms with van der Waals surface area (Å²) in [5.74, 6) is 0.174. The summed E-state index contributed by atoms with van der Waals surface area (Å²) < 4.78 is 42.4. The van der Waals surface area contributed by atoms with Crippen molar-refractivity contribution in [2.24, 2.45) is 0 Å². The SMILES string of the molecule is FC(F)(F)c1cccc(Nc2nc(CCl)co2)c1. The van der Waals surface area contributed by atoms with E-state index in [9.17, 15) is 13.2 Å². The number of benzene rings is 1. The van der Waals surface area contributed by atoms with Gasteiger partial charge in [-0.3, -0.25) is 0 Å². The number of hydrogen-bond acceptors (Lipinski definition) is 3. The molecule has 0 bridgehead atoms. The Labute approximate surface area is 106 Å². The molecule has 0 fully saturated rings. The molecule has 2 aromatic rings. The zero-order valence-electron chi connectivity index (χ0n) is 8.96. The molecule has 7 heteroatoms. The van der Waals surface area contributed by atoms with Gasteiger partial charge in [0.25, 0.3) is 6.01 Å². The molecule has 0 atom stereocenters. The van der Waals surface area contributed by atoms with Crippen LogP contribution in [0.1, 0.15) is 11.3 Å². The third-order valence-electron chi connectivity index (χ3n) is 2.13. The second-order valence-corrected chi connectivity index (χ2v) is 3.75. The maximum absolute atomic E-state index is 12.5. The van der Waals surface area contributed by atoms with E-state index in [4.69, 9.17) is 16.0 Å². The molecular formula is C11H8ClF3N2O. The van der Waals surface area contributed by atoms with E-state index in [0.29, 0.717) is 5.69 Å². The Morgan fingerprint density at radius 1 is 1.33 bits per heavy atom. The van der Waals surface area contributed by atoms with Gasteiger partial charge in [-0.15, -0.1) is 11.6 Å². The first-order chi connectivity index (χ1) is 8.49. The minimum Gasteiger partial charge on any atom is -0.432 e. The normalized spacial score (nSPS) is 11.6. The summed E-state index contributed by atoms with van der Waals surface area (Å²) in [5, 5.41) is 2.63. The predicted molar refractivity (Wildman–Crippen MR) is 60.8 cm³/mol. The van der Waals surface area contributed by atoms with E-state index >= 15 is 0 Å². The number of nitrogens with zero attached hydrogens (tertiary/aromatic N) is 1. The smallest absolute Gasteiger partial charge is 0.416 e. The van der Waals surface area contributed by atoms with Gasteiger partial charge in [-0.05, 0) is 18.2 Å². The molecule has 0 unspecified atom stereocenters. The number of hydrogen-bond donors (Lipinski definition) is 1. The monoisotopic (exact) mass is 276 g/mol. The molecule has 0 aliphatic carbocycles. The third kappa shape index (κ3) is 2.95. The summed E-state index contributed by atoms with van der Waals surface area (Å²) >= 11 is 5.53. The average Bonchev–Trinajstić information content (AvgIpc) is 2.76. The minimum atomic E-state index is -4.38. The summed E-state index contributed by atoms with van der Waals surface area (Å²) in [6.45, 7) is 0. The molecule has 0 aliphatic heterocycles. The van der Waals surface area contributed by atoms with Crippen molar-refractivity contribution >= 4 is 23.3 Å². The van der Waals surface area contributed by atoms with Crippen molar-refractivity contribution in [3.8, 4) is 0 Å². The second kappa shape index (κ2) is 4.89. The standard InChI is InChI=1S/C11H8ClF3N2O/c12-5-9-6-18-10(17-9)16-8-3-1-2-7(4-8)11(13,14)15/h1-4,6H,5H2,(H,16,17). The lowest BCUT2D eigenvalue weighted by Crippen LogP contribution is -2.05. The zero-order chi connectivity index (χ0) is 13.2. The maximum Gasteiger partial charge on any atom is 0.416 e. The van der Waals surface area contributed by atoms with Gasteiger partial charge >= 0.3 is 6.18 Å². The molecule has 1 aromatic heterocycles. The van der Waals surface area contributed by atoms with Gasteiger partial charge in [-0.25, -0.2) is 0 Å². The molecule has 1 aromatic carbocycles. The molecule has 3 nitrogen and oxygen atoms in total. The summed E-state index contributed by atoms with van der Waals surface area (Å²) in [6, 6.07) is 4.86. The van der Waals surface area contributed by atoms with E-state index in [1.54, 1.807) is 0 Å². The fourth-order valence-electron chi connectivity index (χ4n) is 1.32. The zero-order valence-corrected chi connectivity index (χ0v) is 9.72. The highest BCUT2D eigenvalue weighted by Crippen LogP contribution is 2.31. The van der Waals surface area contributed by atoms with Gasteiger partial charge < -0.3 is 9.73 Å². The first-order valence-electron chi connectivity index (χ1n) is 4.93. The highest BCUT2D eigenvalue weighted by atomic mass is 35.5. The first-order valence-corrected chi connectivity index (χ1v) is 5.47. The lowest BCUT2D eigenvalue weighted by molar-refractivity contribution is -0.137. The van der Waals surface area contributed by atoms with Crippen LogP contribution in [0.2, 0.25) is 0 Å². The Morgan fingerprint density at radius 2 is 2.11 bits per heavy atom. The molecule has 0 saturated carbocycles. The highest BCUT2D eigenvalue weighted by molar-refractivity contribution is 6.16. The van der Waals surface area contributed by atoms with Crippen LogP contribution in [-0.4, -0.2) is 4.98 Å². The lowest BCUT2D eigenvalue weighted by atomic mass is 10.2. The lowest BCUT2D eigenvalue weighted by Gasteiger charge is -2.08. The largest absolute Gasteiger partial charge is 0.432 e. The number of rotatable bonds is 3. The fourth-order valence-corrected chi connectivity index (χ4v) is 1.45. The quantitative estimate of drug-likeness (QED) is 0.855. The molecular weight excluding hydrogens is 269 g/mol. The number of nitrogens with one attached hydrogen (secondary N) is 1. The van der Waals surface area contributed by atoms with Crippen LogP contribution in [0.5, 0.6) is 0 Å². The Kier molecular flexibility index (Phi) is 3.47. The molecule has 1 N–H and O–H groups in total. The van der Waals surface area contributed by atoms with Gasteiger partial charge in [-0.2, -0.15) is 18.2 Å². The van der Waals surface area contributed by atoms with Gasteiger partial charge in [0, 0.05) is 5.69 Å². The summed E-state index contributed by atoms with van der Waals surface area (Å²) in [4.78, 5) is 3.92. The molecule has 18 heavy (non-hydrogen) atoms. The molecule has 0 aliphatic rings. The van der Waals surface area contributed by atoms with E-state index in [2.05, 4.69) is 10.3 Å². The Hall–Kier alpha value is -1.69. The van der Waals surface area contributed by atoms with E-state index in [1.807, 2.05) is 0 Å². The molecule has 0 spiro atoms. The summed E-state index contributed by atoms with van der Waals surface area (Å²) in [7, 11) is 0. The van der Waals surface area contributed by atoms with Crippen molar-refractivity contribution in [1.29, 1.82) is 0 Å². The molecule has 96 valence electrons. The topological polar surface area (TPSA) is 38.1 Å². The van der Waals surface area contributed by atoms with Gasteiger partial charge in [-0.1, -0.05) is 6.07 Å². The Balaban J connectivity index is 2.19. The van der Waals surface area contributed by atoms with Crippen molar-refractivity contribution in [1.82, 2.24) is 4.98 Å². The molecule has 0 amide bonds. The third-order valence-corrected chi connectivity index (χ3v) is 2.40. The van der Waals surface area contributed by atoms with E-state index in [-0.39, 0.29) is 17.6 Å². The van der Waals surface area contributed by atoms with Crippen LogP contribution in [0, 0.1) is 0 Å². The second-order valence-electron chi connectivity index (χ2n) is 3.48. The molecule has 2 rings (SSSR count). The van der Waals surface area contributed by atoms with Crippen molar-refractivity contribution < 1.29 is 17.6 Å². The van der Waals surface area contributed by atoms with Crippen LogP contribution in [0.4, 0.5) is 24.9 Å². The van der Waals surface area contributed by atoms with Crippen LogP contribution in [0.15, 0.2) is 34.9 Å². The number of anilines is 2. The molecule has 0 saturated heterocycles. The van der Waals surface area contributed by atoms with Gasteiger partial charge in [0.15, 0.2) is 0 Å². The Morgan fingerprint density at radius 3 is 2.72 bits per heavy atom. The van der Waals surface area contributed by atoms with Crippen molar-refractivity contribution in [2.75, 3.05) is 5.32 Å². The predicted octanol–water partition coefficient (Wildman–Crippen LogP) is 4.18. The maximum atomic E-state index is 12.5. The van der Waals surface area contributed by atoms with Crippen molar-refractivity contribution in [3.05, 3.63) is 41.8 Å². The number of aromatic nitrogens is 1. The van der Waals surface area contributed by atoms with Crippen LogP contribution in [-0.2, 0) is 12.1 Å². The minimum absolute atomic E-state index is 0.102. The highest BCUT2D eigenvalue weighted by Gasteiger charge is 2.30. The van der Waals surface area contributed by atoms with E-state index in [1.165, 1.54) is 18.4 Å². The Bertz CT molecular complexity index is 539. The summed E-state index contributed by atoms with van der Waals surface area (Å²) in [5.41, 5.74) is 0.00978. The molecule has 0 radical (unpaired) electrons. The average molecular weight is 277 g/mol. The van der Waals surface area contributed by atoms with E-state index < -0.39 is 11.7 Å². The van der Waals surface area contributed by atoms with Gasteiger partial charge in [0.2, 0.25) is 0 Å². The van der Waals surface area contributed by atoms with Crippen LogP contribution in [0.25, 0.3) is 0 Å². The van der Waals surface area contributed by atoms with Crippen LogP contribution < -0.4 is 5.32 Å². The van der Waals surface area contributed by atoms with Crippen molar-refractivity contribution in [2.45, 2.75) is 12.1 Å². The van der Waals surface area contributed by atoms with E-state index in [0.717, 1.165) is 12.1 Å². The fraction of sp³-hybridized carbons (Fsp3) is 0.182.